The zero-order valence-electron chi connectivity index (χ0n) is 8.06. The lowest BCUT2D eigenvalue weighted by Gasteiger charge is -2.24. The standard InChI is InChI=1S/C11H13F2N/c1-3-6-11(2,14)9-7-8(12)4-5-10(9)13/h3-5,7H,1,6,14H2,2H3/t11-/m1/s1. The van der Waals surface area contributed by atoms with Crippen LogP contribution in [0.25, 0.3) is 0 Å². The van der Waals surface area contributed by atoms with Gasteiger partial charge in [-0.2, -0.15) is 0 Å². The Balaban J connectivity index is 3.16. The smallest absolute Gasteiger partial charge is 0.128 e. The molecular formula is C11H13F2N. The molecule has 2 N–H and O–H groups in total. The van der Waals surface area contributed by atoms with E-state index in [1.807, 2.05) is 0 Å². The highest BCUT2D eigenvalue weighted by molar-refractivity contribution is 5.26. The molecule has 0 saturated carbocycles. The van der Waals surface area contributed by atoms with Crippen molar-refractivity contribution in [3.63, 3.8) is 0 Å². The number of benzene rings is 1. The second-order valence-electron chi connectivity index (χ2n) is 3.53. The van der Waals surface area contributed by atoms with Crippen LogP contribution in [0.3, 0.4) is 0 Å². The Kier molecular flexibility index (Phi) is 3.01. The van der Waals surface area contributed by atoms with Gasteiger partial charge in [0.15, 0.2) is 0 Å². The van der Waals surface area contributed by atoms with Crippen LogP contribution < -0.4 is 5.73 Å². The van der Waals surface area contributed by atoms with Crippen LogP contribution in [-0.4, -0.2) is 0 Å². The van der Waals surface area contributed by atoms with Gasteiger partial charge < -0.3 is 5.73 Å². The molecule has 0 aromatic heterocycles. The molecule has 0 amide bonds. The van der Waals surface area contributed by atoms with Crippen LogP contribution in [0.2, 0.25) is 0 Å². The zero-order chi connectivity index (χ0) is 10.8. The third-order valence-corrected chi connectivity index (χ3v) is 2.11. The quantitative estimate of drug-likeness (QED) is 0.741. The summed E-state index contributed by atoms with van der Waals surface area (Å²) in [6, 6.07) is 3.28. The van der Waals surface area contributed by atoms with Gasteiger partial charge in [0.1, 0.15) is 11.6 Å². The Morgan fingerprint density at radius 1 is 1.50 bits per heavy atom. The van der Waals surface area contributed by atoms with Gasteiger partial charge in [0, 0.05) is 11.1 Å². The minimum Gasteiger partial charge on any atom is -0.321 e. The maximum Gasteiger partial charge on any atom is 0.128 e. The van der Waals surface area contributed by atoms with E-state index in [2.05, 4.69) is 6.58 Å². The first kappa shape index (κ1) is 10.9. The molecule has 0 saturated heterocycles. The Morgan fingerprint density at radius 2 is 2.14 bits per heavy atom. The van der Waals surface area contributed by atoms with Crippen molar-refractivity contribution >= 4 is 0 Å². The highest BCUT2D eigenvalue weighted by atomic mass is 19.1. The third-order valence-electron chi connectivity index (χ3n) is 2.11. The first-order valence-electron chi connectivity index (χ1n) is 4.32. The third kappa shape index (κ3) is 2.17. The average Bonchev–Trinajstić information content (AvgIpc) is 2.09. The SMILES string of the molecule is C=CC[C@@](C)(N)c1cc(F)ccc1F. The van der Waals surface area contributed by atoms with Crippen LogP contribution in [0.1, 0.15) is 18.9 Å². The Bertz CT molecular complexity index is 345. The highest BCUT2D eigenvalue weighted by Gasteiger charge is 2.23. The van der Waals surface area contributed by atoms with Crippen molar-refractivity contribution in [2.75, 3.05) is 0 Å². The fourth-order valence-corrected chi connectivity index (χ4v) is 1.34. The summed E-state index contributed by atoms with van der Waals surface area (Å²) in [6.45, 7) is 5.17. The summed E-state index contributed by atoms with van der Waals surface area (Å²) in [7, 11) is 0. The van der Waals surface area contributed by atoms with Gasteiger partial charge >= 0.3 is 0 Å². The van der Waals surface area contributed by atoms with Gasteiger partial charge in [-0.05, 0) is 31.5 Å². The van der Waals surface area contributed by atoms with E-state index in [-0.39, 0.29) is 5.56 Å². The molecule has 0 bridgehead atoms. The Hall–Kier alpha value is -1.22. The molecule has 76 valence electrons. The second-order valence-corrected chi connectivity index (χ2v) is 3.53. The van der Waals surface area contributed by atoms with Crippen LogP contribution in [0.5, 0.6) is 0 Å². The van der Waals surface area contributed by atoms with E-state index in [0.717, 1.165) is 18.2 Å². The van der Waals surface area contributed by atoms with E-state index in [1.54, 1.807) is 13.0 Å². The van der Waals surface area contributed by atoms with Crippen LogP contribution in [-0.2, 0) is 5.54 Å². The minimum absolute atomic E-state index is 0.178. The molecule has 0 radical (unpaired) electrons. The summed E-state index contributed by atoms with van der Waals surface area (Å²) in [4.78, 5) is 0. The summed E-state index contributed by atoms with van der Waals surface area (Å²) in [6.07, 6.45) is 1.98. The normalized spacial score (nSPS) is 14.9. The lowest BCUT2D eigenvalue weighted by molar-refractivity contribution is 0.459. The lowest BCUT2D eigenvalue weighted by Crippen LogP contribution is -2.33. The summed E-state index contributed by atoms with van der Waals surface area (Å²) in [5.41, 5.74) is 5.11. The fraction of sp³-hybridized carbons (Fsp3) is 0.273. The maximum absolute atomic E-state index is 13.3. The summed E-state index contributed by atoms with van der Waals surface area (Å²) >= 11 is 0. The number of rotatable bonds is 3. The van der Waals surface area contributed by atoms with E-state index in [9.17, 15) is 8.78 Å². The summed E-state index contributed by atoms with van der Waals surface area (Å²) < 4.78 is 26.2. The highest BCUT2D eigenvalue weighted by Crippen LogP contribution is 2.25. The molecule has 1 atom stereocenters. The molecule has 0 aliphatic carbocycles. The lowest BCUT2D eigenvalue weighted by atomic mass is 9.89. The van der Waals surface area contributed by atoms with Crippen molar-refractivity contribution in [2.24, 2.45) is 5.73 Å². The van der Waals surface area contributed by atoms with Gasteiger partial charge in [-0.15, -0.1) is 6.58 Å². The van der Waals surface area contributed by atoms with Gasteiger partial charge in [0.2, 0.25) is 0 Å². The second kappa shape index (κ2) is 3.88. The molecule has 0 aliphatic rings. The number of hydrogen-bond donors (Lipinski definition) is 1. The summed E-state index contributed by atoms with van der Waals surface area (Å²) in [5.74, 6) is -0.972. The zero-order valence-corrected chi connectivity index (χ0v) is 8.06. The van der Waals surface area contributed by atoms with Crippen LogP contribution >= 0.6 is 0 Å². The number of halogens is 2. The molecule has 1 aromatic carbocycles. The molecule has 1 rings (SSSR count). The molecule has 0 spiro atoms. The first-order valence-corrected chi connectivity index (χ1v) is 4.32. The summed E-state index contributed by atoms with van der Waals surface area (Å²) in [5, 5.41) is 0. The van der Waals surface area contributed by atoms with Crippen LogP contribution in [0.4, 0.5) is 8.78 Å². The van der Waals surface area contributed by atoms with Crippen LogP contribution in [0, 0.1) is 11.6 Å². The van der Waals surface area contributed by atoms with Crippen molar-refractivity contribution < 1.29 is 8.78 Å². The Morgan fingerprint density at radius 3 is 2.71 bits per heavy atom. The van der Waals surface area contributed by atoms with Crippen molar-refractivity contribution in [1.82, 2.24) is 0 Å². The van der Waals surface area contributed by atoms with Gasteiger partial charge in [0.05, 0.1) is 0 Å². The molecule has 0 unspecified atom stereocenters. The molecule has 1 aromatic rings. The minimum atomic E-state index is -0.909. The van der Waals surface area contributed by atoms with E-state index >= 15 is 0 Å². The molecule has 3 heteroatoms. The van der Waals surface area contributed by atoms with Crippen molar-refractivity contribution in [2.45, 2.75) is 18.9 Å². The largest absolute Gasteiger partial charge is 0.321 e. The maximum atomic E-state index is 13.3. The molecule has 0 heterocycles. The van der Waals surface area contributed by atoms with E-state index in [0.29, 0.717) is 6.42 Å². The number of nitrogens with two attached hydrogens (primary N) is 1. The molecule has 1 nitrogen and oxygen atoms in total. The van der Waals surface area contributed by atoms with Gasteiger partial charge in [-0.25, -0.2) is 8.78 Å². The van der Waals surface area contributed by atoms with Gasteiger partial charge in [-0.1, -0.05) is 6.08 Å². The fourth-order valence-electron chi connectivity index (χ4n) is 1.34. The molecule has 0 aliphatic heterocycles. The predicted molar refractivity (Wildman–Crippen MR) is 52.7 cm³/mol. The van der Waals surface area contributed by atoms with E-state index < -0.39 is 17.2 Å². The van der Waals surface area contributed by atoms with Crippen molar-refractivity contribution in [3.05, 3.63) is 48.1 Å². The predicted octanol–water partition coefficient (Wildman–Crippen LogP) is 2.71. The first-order chi connectivity index (χ1) is 6.47. The molecule has 14 heavy (non-hydrogen) atoms. The van der Waals surface area contributed by atoms with E-state index in [4.69, 9.17) is 5.73 Å². The van der Waals surface area contributed by atoms with Gasteiger partial charge in [0.25, 0.3) is 0 Å². The Labute approximate surface area is 82.2 Å². The van der Waals surface area contributed by atoms with Crippen molar-refractivity contribution in [3.8, 4) is 0 Å². The van der Waals surface area contributed by atoms with E-state index in [1.165, 1.54) is 0 Å². The van der Waals surface area contributed by atoms with Crippen LogP contribution in [0.15, 0.2) is 30.9 Å². The number of hydrogen-bond acceptors (Lipinski definition) is 1. The topological polar surface area (TPSA) is 26.0 Å². The average molecular weight is 197 g/mol. The van der Waals surface area contributed by atoms with Gasteiger partial charge in [-0.3, -0.25) is 0 Å². The monoisotopic (exact) mass is 197 g/mol. The molecular weight excluding hydrogens is 184 g/mol. The van der Waals surface area contributed by atoms with Crippen molar-refractivity contribution in [1.29, 1.82) is 0 Å². The molecule has 0 fully saturated rings.